The van der Waals surface area contributed by atoms with Crippen molar-refractivity contribution in [1.82, 2.24) is 4.90 Å². The summed E-state index contributed by atoms with van der Waals surface area (Å²) in [5.41, 5.74) is 0. The molecule has 4 rings (SSSR count). The van der Waals surface area contributed by atoms with Gasteiger partial charge in [-0.05, 0) is 12.8 Å². The second-order valence-electron chi connectivity index (χ2n) is 6.50. The normalized spacial score (nSPS) is 46.4. The second-order valence-corrected chi connectivity index (χ2v) is 9.78. The summed E-state index contributed by atoms with van der Waals surface area (Å²) >= 11 is 38.5. The van der Waals surface area contributed by atoms with Crippen LogP contribution in [-0.2, 0) is 14.3 Å². The zero-order valence-corrected chi connectivity index (χ0v) is 16.5. The molecule has 2 saturated heterocycles. The Labute approximate surface area is 168 Å². The van der Waals surface area contributed by atoms with E-state index in [1.807, 2.05) is 0 Å². The van der Waals surface area contributed by atoms with Crippen LogP contribution in [0.15, 0.2) is 10.1 Å². The van der Waals surface area contributed by atoms with Crippen molar-refractivity contribution in [2.75, 3.05) is 13.2 Å². The van der Waals surface area contributed by atoms with Crippen LogP contribution in [0.4, 0.5) is 0 Å². The minimum Gasteiger partial charge on any atom is -0.376 e. The summed E-state index contributed by atoms with van der Waals surface area (Å²) in [4.78, 5) is 23.5. The van der Waals surface area contributed by atoms with Gasteiger partial charge in [0.25, 0.3) is 0 Å². The van der Waals surface area contributed by atoms with Gasteiger partial charge in [-0.2, -0.15) is 0 Å². The van der Waals surface area contributed by atoms with E-state index in [9.17, 15) is 9.59 Å². The molecule has 0 radical (unpaired) electrons. The van der Waals surface area contributed by atoms with Crippen LogP contribution in [0.1, 0.15) is 12.8 Å². The highest BCUT2D eigenvalue weighted by molar-refractivity contribution is 6.66. The Balaban J connectivity index is 1.78. The van der Waals surface area contributed by atoms with Crippen LogP contribution < -0.4 is 0 Å². The van der Waals surface area contributed by atoms with Gasteiger partial charge in [-0.3, -0.25) is 14.5 Å². The first-order valence-electron chi connectivity index (χ1n) is 7.38. The molecule has 2 aliphatic carbocycles. The van der Waals surface area contributed by atoms with Crippen LogP contribution in [0.25, 0.3) is 0 Å². The molecular formula is C14H11Cl6NO3. The molecule has 5 atom stereocenters. The van der Waals surface area contributed by atoms with Crippen LogP contribution >= 0.6 is 69.6 Å². The van der Waals surface area contributed by atoms with E-state index < -0.39 is 37.7 Å². The molecule has 24 heavy (non-hydrogen) atoms. The van der Waals surface area contributed by atoms with E-state index in [-0.39, 0.29) is 22.7 Å². The summed E-state index contributed by atoms with van der Waals surface area (Å²) in [5, 5.41) is -0.153. The van der Waals surface area contributed by atoms with E-state index in [2.05, 4.69) is 0 Å². The molecule has 0 N–H and O–H groups in total. The van der Waals surface area contributed by atoms with Gasteiger partial charge in [0, 0.05) is 6.61 Å². The predicted octanol–water partition coefficient (Wildman–Crippen LogP) is 3.61. The first kappa shape index (κ1) is 18.0. The lowest BCUT2D eigenvalue weighted by Gasteiger charge is -2.34. The van der Waals surface area contributed by atoms with Gasteiger partial charge in [-0.15, -0.1) is 23.2 Å². The summed E-state index contributed by atoms with van der Waals surface area (Å²) in [5.74, 6) is -3.11. The molecule has 4 aliphatic rings. The average molecular weight is 454 g/mol. The van der Waals surface area contributed by atoms with Gasteiger partial charge >= 0.3 is 0 Å². The maximum absolute atomic E-state index is 12.9. The summed E-state index contributed by atoms with van der Waals surface area (Å²) in [6, 6.07) is 0. The number of alkyl halides is 4. The predicted molar refractivity (Wildman–Crippen MR) is 93.0 cm³/mol. The fourth-order valence-electron chi connectivity index (χ4n) is 4.22. The standard InChI is InChI=1S/C14H11Cl6NO3/c15-8-9(16)13(18)7-6(12(8,17)14(13,19)20)10(22)21(11(7)23)4-5-2-1-3-24-5/h5-7H,1-4H2/t5-,6-,7+,12+,13+/m1/s1. The SMILES string of the molecule is O=C1[C@@H]2[C@H](C(=O)N1C[C@H]1CCCO1)[C@]1(Cl)C(Cl)=C(Cl)[C@]2(Cl)C1(Cl)Cl. The number of rotatable bonds is 2. The van der Waals surface area contributed by atoms with E-state index in [0.29, 0.717) is 6.61 Å². The number of allylic oxidation sites excluding steroid dienone is 2. The van der Waals surface area contributed by atoms with Gasteiger partial charge in [0.1, 0.15) is 9.75 Å². The Bertz CT molecular complexity index is 644. The van der Waals surface area contributed by atoms with E-state index in [4.69, 9.17) is 74.3 Å². The van der Waals surface area contributed by atoms with Gasteiger partial charge in [0.05, 0.1) is 34.5 Å². The summed E-state index contributed by atoms with van der Waals surface area (Å²) in [7, 11) is 0. The molecule has 4 nitrogen and oxygen atoms in total. The molecule has 10 heteroatoms. The van der Waals surface area contributed by atoms with Crippen molar-refractivity contribution >= 4 is 81.4 Å². The van der Waals surface area contributed by atoms with E-state index in [0.717, 1.165) is 17.7 Å². The van der Waals surface area contributed by atoms with Crippen molar-refractivity contribution in [3.63, 3.8) is 0 Å². The van der Waals surface area contributed by atoms with Gasteiger partial charge in [-0.1, -0.05) is 46.4 Å². The number of nitrogens with zero attached hydrogens (tertiary/aromatic N) is 1. The third-order valence-electron chi connectivity index (χ3n) is 5.41. The lowest BCUT2D eigenvalue weighted by Crippen LogP contribution is -2.50. The maximum atomic E-state index is 12.9. The number of hydrogen-bond donors (Lipinski definition) is 0. The first-order valence-corrected chi connectivity index (χ1v) is 9.65. The largest absolute Gasteiger partial charge is 0.376 e. The molecular weight excluding hydrogens is 443 g/mol. The van der Waals surface area contributed by atoms with Gasteiger partial charge < -0.3 is 4.74 Å². The number of hydrogen-bond acceptors (Lipinski definition) is 3. The van der Waals surface area contributed by atoms with Gasteiger partial charge in [0.2, 0.25) is 11.8 Å². The lowest BCUT2D eigenvalue weighted by atomic mass is 9.84. The number of imide groups is 1. The summed E-state index contributed by atoms with van der Waals surface area (Å²) in [6.45, 7) is 0.760. The molecule has 0 spiro atoms. The first-order chi connectivity index (χ1) is 11.1. The fraction of sp³-hybridized carbons (Fsp3) is 0.714. The molecule has 0 aromatic carbocycles. The molecule has 2 amide bonds. The van der Waals surface area contributed by atoms with Gasteiger partial charge in [-0.25, -0.2) is 0 Å². The maximum Gasteiger partial charge on any atom is 0.235 e. The van der Waals surface area contributed by atoms with Crippen molar-refractivity contribution in [3.8, 4) is 0 Å². The second kappa shape index (κ2) is 5.31. The van der Waals surface area contributed by atoms with Crippen LogP contribution in [0.2, 0.25) is 0 Å². The number of amides is 2. The fourth-order valence-corrected chi connectivity index (χ4v) is 7.15. The minimum absolute atomic E-state index is 0.0767. The number of halogens is 6. The third kappa shape index (κ3) is 1.75. The number of fused-ring (bicyclic) bond motifs is 5. The Kier molecular flexibility index (Phi) is 3.98. The van der Waals surface area contributed by atoms with E-state index in [1.54, 1.807) is 0 Å². The molecule has 132 valence electrons. The van der Waals surface area contributed by atoms with Crippen molar-refractivity contribution in [3.05, 3.63) is 10.1 Å². The lowest BCUT2D eigenvalue weighted by molar-refractivity contribution is -0.142. The summed E-state index contributed by atoms with van der Waals surface area (Å²) < 4.78 is 3.63. The molecule has 0 unspecified atom stereocenters. The molecule has 0 aromatic heterocycles. The number of carbonyl (C=O) groups is 2. The van der Waals surface area contributed by atoms with Crippen molar-refractivity contribution in [2.45, 2.75) is 33.0 Å². The molecule has 2 heterocycles. The molecule has 2 aliphatic heterocycles. The Morgan fingerprint density at radius 3 is 1.92 bits per heavy atom. The topological polar surface area (TPSA) is 46.6 Å². The number of ether oxygens (including phenoxy) is 1. The molecule has 2 bridgehead atoms. The third-order valence-corrected chi connectivity index (χ3v) is 9.67. The van der Waals surface area contributed by atoms with Gasteiger partial charge in [0.15, 0.2) is 4.33 Å². The Morgan fingerprint density at radius 1 is 1.00 bits per heavy atom. The summed E-state index contributed by atoms with van der Waals surface area (Å²) in [6.07, 6.45) is 1.47. The van der Waals surface area contributed by atoms with Crippen molar-refractivity contribution in [2.24, 2.45) is 11.8 Å². The van der Waals surface area contributed by atoms with Crippen LogP contribution in [0.3, 0.4) is 0 Å². The number of likely N-dealkylation sites (tertiary alicyclic amines) is 1. The highest BCUT2D eigenvalue weighted by atomic mass is 35.5. The average Bonchev–Trinajstić information content (AvgIpc) is 3.17. The van der Waals surface area contributed by atoms with Crippen molar-refractivity contribution < 1.29 is 14.3 Å². The zero-order chi connectivity index (χ0) is 17.7. The highest BCUT2D eigenvalue weighted by Crippen LogP contribution is 2.77. The Hall–Kier alpha value is 0.580. The van der Waals surface area contributed by atoms with Crippen LogP contribution in [-0.4, -0.2) is 50.1 Å². The van der Waals surface area contributed by atoms with Crippen LogP contribution in [0, 0.1) is 11.8 Å². The Morgan fingerprint density at radius 2 is 1.50 bits per heavy atom. The highest BCUT2D eigenvalue weighted by Gasteiger charge is 2.87. The number of carbonyl (C=O) groups excluding carboxylic acids is 2. The van der Waals surface area contributed by atoms with E-state index >= 15 is 0 Å². The van der Waals surface area contributed by atoms with Crippen LogP contribution in [0.5, 0.6) is 0 Å². The smallest absolute Gasteiger partial charge is 0.235 e. The molecule has 1 saturated carbocycles. The molecule has 3 fully saturated rings. The minimum atomic E-state index is -1.88. The molecule has 0 aromatic rings. The quantitative estimate of drug-likeness (QED) is 0.474. The van der Waals surface area contributed by atoms with E-state index in [1.165, 1.54) is 0 Å². The zero-order valence-electron chi connectivity index (χ0n) is 12.0. The van der Waals surface area contributed by atoms with Crippen molar-refractivity contribution in [1.29, 1.82) is 0 Å². The monoisotopic (exact) mass is 451 g/mol.